The van der Waals surface area contributed by atoms with E-state index in [-0.39, 0.29) is 0 Å². The summed E-state index contributed by atoms with van der Waals surface area (Å²) in [5.41, 5.74) is 4.91. The van der Waals surface area contributed by atoms with E-state index >= 15 is 0 Å². The highest BCUT2D eigenvalue weighted by molar-refractivity contribution is 7.99. The van der Waals surface area contributed by atoms with Crippen LogP contribution in [0.2, 0.25) is 0 Å². The largest absolute Gasteiger partial charge is 0.391 e. The first kappa shape index (κ1) is 16.6. The average molecular weight is 359 g/mol. The number of benzene rings is 3. The molecule has 0 aliphatic carbocycles. The maximum Gasteiger partial charge on any atom is 0.150 e. The monoisotopic (exact) mass is 359 g/mol. The van der Waals surface area contributed by atoms with Gasteiger partial charge in [0.15, 0.2) is 0 Å². The van der Waals surface area contributed by atoms with Crippen molar-refractivity contribution in [1.82, 2.24) is 0 Å². The summed E-state index contributed by atoms with van der Waals surface area (Å²) in [6, 6.07) is 24.0. The zero-order valence-corrected chi connectivity index (χ0v) is 14.9. The first-order valence-electron chi connectivity index (χ1n) is 8.41. The van der Waals surface area contributed by atoms with Crippen LogP contribution >= 0.6 is 11.8 Å². The number of hydrogen-bond acceptors (Lipinski definition) is 4. The molecule has 4 heteroatoms. The molecule has 0 radical (unpaired) electrons. The average Bonchev–Trinajstić information content (AvgIpc) is 2.84. The first-order valence-corrected chi connectivity index (χ1v) is 9.23. The van der Waals surface area contributed by atoms with E-state index in [9.17, 15) is 4.79 Å². The summed E-state index contributed by atoms with van der Waals surface area (Å²) in [6.07, 6.45) is 1.56. The molecule has 1 aliphatic rings. The standard InChI is InChI=1S/C22H17NO2S/c24-14-17-10-11-18-13-20(23-25-15-16-6-2-1-3-7-16)19-8-4-5-9-21(19)26-22(18)12-17/h1-12,14H,13,15H2. The Labute approximate surface area is 156 Å². The van der Waals surface area contributed by atoms with Crippen molar-refractivity contribution in [3.63, 3.8) is 0 Å². The Morgan fingerprint density at radius 1 is 0.962 bits per heavy atom. The third-order valence-corrected chi connectivity index (χ3v) is 5.43. The van der Waals surface area contributed by atoms with Crippen LogP contribution in [-0.4, -0.2) is 12.0 Å². The van der Waals surface area contributed by atoms with Gasteiger partial charge in [0.25, 0.3) is 0 Å². The molecule has 1 aliphatic heterocycles. The van der Waals surface area contributed by atoms with E-state index in [0.29, 0.717) is 18.6 Å². The Kier molecular flexibility index (Phi) is 4.84. The first-order chi connectivity index (χ1) is 12.8. The fraction of sp³-hybridized carbons (Fsp3) is 0.0909. The van der Waals surface area contributed by atoms with Crippen LogP contribution in [0.3, 0.4) is 0 Å². The molecule has 4 rings (SSSR count). The molecule has 0 atom stereocenters. The van der Waals surface area contributed by atoms with Gasteiger partial charge in [-0.15, -0.1) is 0 Å². The lowest BCUT2D eigenvalue weighted by Gasteiger charge is -2.07. The van der Waals surface area contributed by atoms with Crippen molar-refractivity contribution < 1.29 is 9.63 Å². The molecule has 0 aromatic heterocycles. The predicted molar refractivity (Wildman–Crippen MR) is 104 cm³/mol. The minimum atomic E-state index is 0.441. The van der Waals surface area contributed by atoms with E-state index in [1.807, 2.05) is 60.7 Å². The van der Waals surface area contributed by atoms with E-state index in [4.69, 9.17) is 4.84 Å². The van der Waals surface area contributed by atoms with Crippen molar-refractivity contribution in [2.45, 2.75) is 22.8 Å². The summed E-state index contributed by atoms with van der Waals surface area (Å²) in [5, 5.41) is 4.46. The molecule has 0 amide bonds. The maximum atomic E-state index is 11.1. The number of carbonyl (C=O) groups is 1. The van der Waals surface area contributed by atoms with E-state index in [2.05, 4.69) is 17.3 Å². The number of nitrogens with zero attached hydrogens (tertiary/aromatic N) is 1. The Morgan fingerprint density at radius 2 is 1.77 bits per heavy atom. The van der Waals surface area contributed by atoms with Gasteiger partial charge in [-0.2, -0.15) is 0 Å². The number of hydrogen-bond donors (Lipinski definition) is 0. The predicted octanol–water partition coefficient (Wildman–Crippen LogP) is 5.13. The number of rotatable bonds is 4. The SMILES string of the molecule is O=Cc1ccc2c(c1)Sc1ccccc1C(=NOCc1ccccc1)C2. The minimum Gasteiger partial charge on any atom is -0.391 e. The smallest absolute Gasteiger partial charge is 0.150 e. The summed E-state index contributed by atoms with van der Waals surface area (Å²) in [7, 11) is 0. The van der Waals surface area contributed by atoms with Gasteiger partial charge in [-0.25, -0.2) is 0 Å². The van der Waals surface area contributed by atoms with Crippen LogP contribution in [0, 0.1) is 0 Å². The van der Waals surface area contributed by atoms with Crippen molar-refractivity contribution in [1.29, 1.82) is 0 Å². The molecule has 0 fully saturated rings. The van der Waals surface area contributed by atoms with Gasteiger partial charge in [-0.3, -0.25) is 4.79 Å². The Morgan fingerprint density at radius 3 is 2.62 bits per heavy atom. The van der Waals surface area contributed by atoms with Gasteiger partial charge in [-0.05, 0) is 23.3 Å². The van der Waals surface area contributed by atoms with Crippen LogP contribution in [0.25, 0.3) is 0 Å². The molecule has 0 spiro atoms. The summed E-state index contributed by atoms with van der Waals surface area (Å²) >= 11 is 1.67. The van der Waals surface area contributed by atoms with Crippen LogP contribution < -0.4 is 0 Å². The number of fused-ring (bicyclic) bond motifs is 2. The van der Waals surface area contributed by atoms with E-state index in [0.717, 1.165) is 38.5 Å². The quantitative estimate of drug-likeness (QED) is 0.479. The Balaban J connectivity index is 1.66. The third-order valence-electron chi connectivity index (χ3n) is 4.25. The second-order valence-corrected chi connectivity index (χ2v) is 7.14. The molecule has 3 aromatic carbocycles. The Bertz CT molecular complexity index is 967. The van der Waals surface area contributed by atoms with Gasteiger partial charge in [-0.1, -0.05) is 77.6 Å². The minimum absolute atomic E-state index is 0.441. The molecule has 0 saturated heterocycles. The van der Waals surface area contributed by atoms with Crippen molar-refractivity contribution in [3.8, 4) is 0 Å². The molecule has 0 bridgehead atoms. The van der Waals surface area contributed by atoms with E-state index < -0.39 is 0 Å². The van der Waals surface area contributed by atoms with Crippen LogP contribution in [0.15, 0.2) is 87.7 Å². The molecule has 3 aromatic rings. The summed E-state index contributed by atoms with van der Waals surface area (Å²) < 4.78 is 0. The van der Waals surface area contributed by atoms with Crippen molar-refractivity contribution >= 4 is 23.8 Å². The molecule has 3 nitrogen and oxygen atoms in total. The highest BCUT2D eigenvalue weighted by Gasteiger charge is 2.19. The number of oxime groups is 1. The molecule has 1 heterocycles. The zero-order chi connectivity index (χ0) is 17.8. The van der Waals surface area contributed by atoms with Crippen molar-refractivity contribution in [2.75, 3.05) is 0 Å². The molecule has 0 unspecified atom stereocenters. The van der Waals surface area contributed by atoms with Crippen molar-refractivity contribution in [3.05, 3.63) is 95.1 Å². The lowest BCUT2D eigenvalue weighted by molar-refractivity contribution is 0.112. The Hall–Kier alpha value is -2.85. The number of aldehydes is 1. The maximum absolute atomic E-state index is 11.1. The second-order valence-electron chi connectivity index (χ2n) is 6.06. The topological polar surface area (TPSA) is 38.7 Å². The number of carbonyl (C=O) groups excluding carboxylic acids is 1. The van der Waals surface area contributed by atoms with Crippen LogP contribution in [0.4, 0.5) is 0 Å². The highest BCUT2D eigenvalue weighted by Crippen LogP contribution is 2.37. The second kappa shape index (κ2) is 7.58. The fourth-order valence-corrected chi connectivity index (χ4v) is 4.06. The lowest BCUT2D eigenvalue weighted by Crippen LogP contribution is -2.06. The van der Waals surface area contributed by atoms with Crippen LogP contribution in [0.5, 0.6) is 0 Å². The summed E-state index contributed by atoms with van der Waals surface area (Å²) in [4.78, 5) is 19.0. The lowest BCUT2D eigenvalue weighted by atomic mass is 10.0. The van der Waals surface area contributed by atoms with Gasteiger partial charge in [0.1, 0.15) is 12.9 Å². The van der Waals surface area contributed by atoms with Crippen molar-refractivity contribution in [2.24, 2.45) is 5.16 Å². The van der Waals surface area contributed by atoms with Gasteiger partial charge in [0, 0.05) is 27.3 Å². The summed E-state index contributed by atoms with van der Waals surface area (Å²) in [6.45, 7) is 0.441. The molecule has 128 valence electrons. The fourth-order valence-electron chi connectivity index (χ4n) is 2.91. The van der Waals surface area contributed by atoms with Gasteiger partial charge in [0.05, 0.1) is 5.71 Å². The summed E-state index contributed by atoms with van der Waals surface area (Å²) in [5.74, 6) is 0. The van der Waals surface area contributed by atoms with Gasteiger partial charge in [0.2, 0.25) is 0 Å². The zero-order valence-electron chi connectivity index (χ0n) is 14.1. The highest BCUT2D eigenvalue weighted by atomic mass is 32.2. The normalized spacial score (nSPS) is 14.2. The van der Waals surface area contributed by atoms with E-state index in [1.165, 1.54) is 0 Å². The molecular weight excluding hydrogens is 342 g/mol. The molecular formula is C22H17NO2S. The van der Waals surface area contributed by atoms with Gasteiger partial charge < -0.3 is 4.84 Å². The van der Waals surface area contributed by atoms with Crippen LogP contribution in [-0.2, 0) is 17.9 Å². The van der Waals surface area contributed by atoms with Crippen LogP contribution in [0.1, 0.15) is 27.0 Å². The molecule has 26 heavy (non-hydrogen) atoms. The molecule has 0 N–H and O–H groups in total. The molecule has 0 saturated carbocycles. The van der Waals surface area contributed by atoms with E-state index in [1.54, 1.807) is 11.8 Å². The van der Waals surface area contributed by atoms with Gasteiger partial charge >= 0.3 is 0 Å². The third kappa shape index (κ3) is 3.55.